The van der Waals surface area contributed by atoms with Gasteiger partial charge in [0.2, 0.25) is 0 Å². The third kappa shape index (κ3) is 1.80. The van der Waals surface area contributed by atoms with E-state index in [1.54, 1.807) is 0 Å². The summed E-state index contributed by atoms with van der Waals surface area (Å²) >= 11 is 0. The van der Waals surface area contributed by atoms with E-state index in [1.807, 2.05) is 0 Å². The summed E-state index contributed by atoms with van der Waals surface area (Å²) in [4.78, 5) is 12.1. The van der Waals surface area contributed by atoms with E-state index in [9.17, 15) is 4.79 Å². The Balaban J connectivity index is 2.00. The van der Waals surface area contributed by atoms with Crippen molar-refractivity contribution in [2.45, 2.75) is 88.1 Å². The van der Waals surface area contributed by atoms with Crippen LogP contribution in [0.5, 0.6) is 0 Å². The molecule has 2 heteroatoms. The highest BCUT2D eigenvalue weighted by Crippen LogP contribution is 2.78. The number of Topliss-reactive ketones (excluding diaryl/α,β-unsaturated/α-hetero) is 1. The summed E-state index contributed by atoms with van der Waals surface area (Å²) in [6.07, 6.45) is 9.04. The summed E-state index contributed by atoms with van der Waals surface area (Å²) in [6.45, 7) is 9.55. The highest BCUT2D eigenvalue weighted by Gasteiger charge is 2.60. The summed E-state index contributed by atoms with van der Waals surface area (Å²) in [6, 6.07) is 0. The first-order valence-electron chi connectivity index (χ1n) is 7.57. The largest absolute Gasteiger partial charge is 0.300 e. The van der Waals surface area contributed by atoms with Crippen molar-refractivity contribution < 1.29 is 4.79 Å². The van der Waals surface area contributed by atoms with E-state index in [0.29, 0.717) is 10.9 Å². The van der Waals surface area contributed by atoms with Crippen molar-refractivity contribution >= 4 is 13.7 Å². The van der Waals surface area contributed by atoms with Crippen LogP contribution in [0.1, 0.15) is 72.6 Å². The molecule has 0 atom stereocenters. The molecule has 1 heterocycles. The maximum Gasteiger partial charge on any atom is 0.134 e. The summed E-state index contributed by atoms with van der Waals surface area (Å²) < 4.78 is 0. The number of carbonyl (C=O) groups excluding carboxylic acids is 1. The summed E-state index contributed by atoms with van der Waals surface area (Å²) in [5.74, 6) is 1.53. The maximum absolute atomic E-state index is 12.1. The molecule has 0 N–H and O–H groups in total. The molecule has 1 saturated heterocycles. The quantitative estimate of drug-likeness (QED) is 0.627. The predicted molar refractivity (Wildman–Crippen MR) is 78.6 cm³/mol. The SMILES string of the molecule is CC1(C)CC(=O)CC(C)(C)P1C12CCC(CC1)C2. The predicted octanol–water partition coefficient (Wildman–Crippen LogP) is 4.72. The van der Waals surface area contributed by atoms with Crippen LogP contribution in [0.4, 0.5) is 0 Å². The van der Waals surface area contributed by atoms with E-state index in [-0.39, 0.29) is 18.2 Å². The van der Waals surface area contributed by atoms with E-state index in [0.717, 1.165) is 18.8 Å². The Hall–Kier alpha value is 0.100. The van der Waals surface area contributed by atoms with Gasteiger partial charge in [-0.3, -0.25) is 4.79 Å². The third-order valence-electron chi connectivity index (χ3n) is 5.65. The van der Waals surface area contributed by atoms with E-state index in [2.05, 4.69) is 27.7 Å². The fraction of sp³-hybridized carbons (Fsp3) is 0.938. The van der Waals surface area contributed by atoms with Crippen molar-refractivity contribution in [3.8, 4) is 0 Å². The minimum Gasteiger partial charge on any atom is -0.300 e. The van der Waals surface area contributed by atoms with Crippen LogP contribution >= 0.6 is 7.92 Å². The number of fused-ring (bicyclic) bond motifs is 2. The van der Waals surface area contributed by atoms with Crippen molar-refractivity contribution in [1.82, 2.24) is 0 Å². The van der Waals surface area contributed by atoms with Gasteiger partial charge in [-0.2, -0.15) is 0 Å². The van der Waals surface area contributed by atoms with Crippen LogP contribution in [0.25, 0.3) is 0 Å². The van der Waals surface area contributed by atoms with Crippen molar-refractivity contribution in [3.05, 3.63) is 0 Å². The Morgan fingerprint density at radius 1 is 1.00 bits per heavy atom. The first-order valence-corrected chi connectivity index (χ1v) is 8.92. The molecule has 0 radical (unpaired) electrons. The molecule has 102 valence electrons. The number of hydrogen-bond donors (Lipinski definition) is 0. The second-order valence-corrected chi connectivity index (χ2v) is 12.3. The fourth-order valence-corrected chi connectivity index (χ4v) is 11.8. The molecule has 0 aromatic carbocycles. The third-order valence-corrected chi connectivity index (χ3v) is 9.97. The molecule has 2 bridgehead atoms. The first-order chi connectivity index (χ1) is 8.25. The van der Waals surface area contributed by atoms with Gasteiger partial charge in [-0.15, -0.1) is 0 Å². The van der Waals surface area contributed by atoms with Gasteiger partial charge in [0.05, 0.1) is 0 Å². The normalized spacial score (nSPS) is 42.4. The molecule has 1 nitrogen and oxygen atoms in total. The number of carbonyl (C=O) groups is 1. The second kappa shape index (κ2) is 3.81. The molecule has 2 aliphatic carbocycles. The maximum atomic E-state index is 12.1. The van der Waals surface area contributed by atoms with Gasteiger partial charge in [-0.25, -0.2) is 0 Å². The van der Waals surface area contributed by atoms with Crippen molar-refractivity contribution in [1.29, 1.82) is 0 Å². The molecular formula is C16H27OP. The van der Waals surface area contributed by atoms with E-state index < -0.39 is 0 Å². The molecule has 2 saturated carbocycles. The van der Waals surface area contributed by atoms with Crippen LogP contribution in [0, 0.1) is 5.92 Å². The highest BCUT2D eigenvalue weighted by molar-refractivity contribution is 7.62. The molecule has 0 aromatic rings. The van der Waals surface area contributed by atoms with Gasteiger partial charge >= 0.3 is 0 Å². The molecule has 3 fully saturated rings. The molecule has 0 aromatic heterocycles. The molecule has 18 heavy (non-hydrogen) atoms. The molecule has 1 aliphatic heterocycles. The minimum atomic E-state index is -0.0495. The Bertz CT molecular complexity index is 355. The van der Waals surface area contributed by atoms with Gasteiger partial charge in [0.15, 0.2) is 0 Å². The summed E-state index contributed by atoms with van der Waals surface area (Å²) in [7, 11) is -0.0495. The van der Waals surface area contributed by atoms with Gasteiger partial charge in [-0.1, -0.05) is 35.6 Å². The van der Waals surface area contributed by atoms with Crippen LogP contribution < -0.4 is 0 Å². The van der Waals surface area contributed by atoms with Gasteiger partial charge < -0.3 is 0 Å². The molecular weight excluding hydrogens is 239 g/mol. The van der Waals surface area contributed by atoms with E-state index in [4.69, 9.17) is 0 Å². The van der Waals surface area contributed by atoms with Crippen molar-refractivity contribution in [2.24, 2.45) is 5.92 Å². The van der Waals surface area contributed by atoms with Crippen LogP contribution in [-0.4, -0.2) is 21.3 Å². The van der Waals surface area contributed by atoms with Gasteiger partial charge in [-0.05, 0) is 53.5 Å². The monoisotopic (exact) mass is 266 g/mol. The Kier molecular flexibility index (Phi) is 2.77. The highest BCUT2D eigenvalue weighted by atomic mass is 31.1. The van der Waals surface area contributed by atoms with E-state index >= 15 is 0 Å². The van der Waals surface area contributed by atoms with Gasteiger partial charge in [0.1, 0.15) is 5.78 Å². The first kappa shape index (κ1) is 13.1. The molecule has 0 spiro atoms. The Morgan fingerprint density at radius 2 is 1.50 bits per heavy atom. The lowest BCUT2D eigenvalue weighted by molar-refractivity contribution is -0.120. The molecule has 0 amide bonds. The zero-order valence-corrected chi connectivity index (χ0v) is 13.3. The topological polar surface area (TPSA) is 17.1 Å². The second-order valence-electron chi connectivity index (χ2n) is 8.22. The molecule has 0 unspecified atom stereocenters. The number of ketones is 1. The van der Waals surface area contributed by atoms with Gasteiger partial charge in [0, 0.05) is 12.8 Å². The lowest BCUT2D eigenvalue weighted by Crippen LogP contribution is -2.46. The average Bonchev–Trinajstić information content (AvgIpc) is 2.71. The van der Waals surface area contributed by atoms with Crippen LogP contribution in [0.2, 0.25) is 0 Å². The zero-order valence-electron chi connectivity index (χ0n) is 12.4. The summed E-state index contributed by atoms with van der Waals surface area (Å²) in [5, 5.41) is 1.19. The standard InChI is InChI=1S/C16H27OP/c1-14(2)10-13(17)11-15(3,4)18(14)16-7-5-12(9-16)6-8-16/h12H,5-11H2,1-4H3. The number of rotatable bonds is 1. The fourth-order valence-electron chi connectivity index (χ4n) is 5.76. The van der Waals surface area contributed by atoms with Crippen LogP contribution in [-0.2, 0) is 4.79 Å². The zero-order chi connectivity index (χ0) is 13.2. The van der Waals surface area contributed by atoms with Gasteiger partial charge in [0.25, 0.3) is 0 Å². The molecule has 3 aliphatic rings. The Morgan fingerprint density at radius 3 is 1.89 bits per heavy atom. The smallest absolute Gasteiger partial charge is 0.134 e. The van der Waals surface area contributed by atoms with Crippen LogP contribution in [0.3, 0.4) is 0 Å². The van der Waals surface area contributed by atoms with Crippen molar-refractivity contribution in [3.63, 3.8) is 0 Å². The number of hydrogen-bond acceptors (Lipinski definition) is 1. The van der Waals surface area contributed by atoms with E-state index in [1.165, 1.54) is 32.1 Å². The lowest BCUT2D eigenvalue weighted by atomic mass is 9.96. The minimum absolute atomic E-state index is 0.0495. The van der Waals surface area contributed by atoms with Crippen LogP contribution in [0.15, 0.2) is 0 Å². The lowest BCUT2D eigenvalue weighted by Gasteiger charge is -2.57. The van der Waals surface area contributed by atoms with Crippen molar-refractivity contribution in [2.75, 3.05) is 0 Å². The summed E-state index contributed by atoms with van der Waals surface area (Å²) in [5.41, 5.74) is 0. The average molecular weight is 266 g/mol. The Labute approximate surface area is 113 Å². The molecule has 3 rings (SSSR count).